The van der Waals surface area contributed by atoms with Crippen molar-refractivity contribution in [3.63, 3.8) is 0 Å². The van der Waals surface area contributed by atoms with Crippen LogP contribution in [0.2, 0.25) is 0 Å². The Morgan fingerprint density at radius 1 is 1.19 bits per heavy atom. The minimum absolute atomic E-state index is 0.178. The first-order valence-corrected chi connectivity index (χ1v) is 7.38. The van der Waals surface area contributed by atoms with Crippen LogP contribution in [0.25, 0.3) is 10.9 Å². The maximum Gasteiger partial charge on any atom is 0.0651 e. The number of nitrogens with two attached hydrogens (primary N) is 1. The highest BCUT2D eigenvalue weighted by molar-refractivity contribution is 5.83. The Labute approximate surface area is 125 Å². The van der Waals surface area contributed by atoms with E-state index in [2.05, 4.69) is 53.0 Å². The Bertz CT molecular complexity index is 756. The van der Waals surface area contributed by atoms with E-state index in [-0.39, 0.29) is 6.04 Å². The summed E-state index contributed by atoms with van der Waals surface area (Å²) in [7, 11) is 0. The minimum Gasteiger partial charge on any atom is -0.341 e. The van der Waals surface area contributed by atoms with Gasteiger partial charge >= 0.3 is 0 Å². The van der Waals surface area contributed by atoms with Crippen molar-refractivity contribution in [3.05, 3.63) is 65.6 Å². The standard InChI is InChI=1S/C18H21N3/c1-13-5-4-9-20-17(13)12-21-10-8-16-15(11-14(2)19)6-3-7-18(16)21/h3-10,14H,11-12,19H2,1-2H3. The first-order chi connectivity index (χ1) is 10.1. The summed E-state index contributed by atoms with van der Waals surface area (Å²) in [6, 6.07) is 12.9. The van der Waals surface area contributed by atoms with E-state index in [1.807, 2.05) is 19.2 Å². The molecule has 3 heteroatoms. The van der Waals surface area contributed by atoms with Gasteiger partial charge in [0, 0.05) is 29.3 Å². The van der Waals surface area contributed by atoms with Gasteiger partial charge in [-0.3, -0.25) is 4.98 Å². The van der Waals surface area contributed by atoms with E-state index in [0.29, 0.717) is 0 Å². The Balaban J connectivity index is 1.99. The van der Waals surface area contributed by atoms with Gasteiger partial charge in [0.2, 0.25) is 0 Å². The van der Waals surface area contributed by atoms with Crippen LogP contribution < -0.4 is 5.73 Å². The molecule has 0 amide bonds. The van der Waals surface area contributed by atoms with E-state index < -0.39 is 0 Å². The fourth-order valence-electron chi connectivity index (χ4n) is 2.80. The normalized spacial score (nSPS) is 12.7. The molecule has 0 aliphatic heterocycles. The molecule has 108 valence electrons. The van der Waals surface area contributed by atoms with Crippen molar-refractivity contribution < 1.29 is 0 Å². The van der Waals surface area contributed by atoms with E-state index in [4.69, 9.17) is 5.73 Å². The summed E-state index contributed by atoms with van der Waals surface area (Å²) in [5.41, 5.74) is 10.9. The molecule has 0 bridgehead atoms. The number of hydrogen-bond acceptors (Lipinski definition) is 2. The number of hydrogen-bond donors (Lipinski definition) is 1. The molecule has 0 saturated heterocycles. The Hall–Kier alpha value is -2.13. The lowest BCUT2D eigenvalue weighted by Gasteiger charge is -2.10. The molecule has 3 aromatic rings. The van der Waals surface area contributed by atoms with Crippen LogP contribution in [0.3, 0.4) is 0 Å². The number of fused-ring (bicyclic) bond motifs is 1. The number of rotatable bonds is 4. The highest BCUT2D eigenvalue weighted by atomic mass is 15.0. The SMILES string of the molecule is Cc1cccnc1Cn1ccc2c(CC(C)N)cccc21. The van der Waals surface area contributed by atoms with Gasteiger partial charge < -0.3 is 10.3 Å². The van der Waals surface area contributed by atoms with E-state index in [0.717, 1.165) is 18.7 Å². The van der Waals surface area contributed by atoms with Gasteiger partial charge in [0.25, 0.3) is 0 Å². The maximum absolute atomic E-state index is 5.95. The number of pyridine rings is 1. The van der Waals surface area contributed by atoms with Crippen LogP contribution in [0, 0.1) is 6.92 Å². The van der Waals surface area contributed by atoms with Crippen LogP contribution in [0.4, 0.5) is 0 Å². The molecule has 21 heavy (non-hydrogen) atoms. The van der Waals surface area contributed by atoms with Gasteiger partial charge in [-0.25, -0.2) is 0 Å². The fraction of sp³-hybridized carbons (Fsp3) is 0.278. The zero-order valence-electron chi connectivity index (χ0n) is 12.6. The van der Waals surface area contributed by atoms with Crippen LogP contribution in [0.1, 0.15) is 23.7 Å². The van der Waals surface area contributed by atoms with Crippen LogP contribution in [0.5, 0.6) is 0 Å². The van der Waals surface area contributed by atoms with Gasteiger partial charge in [-0.1, -0.05) is 18.2 Å². The summed E-state index contributed by atoms with van der Waals surface area (Å²) in [6.45, 7) is 4.96. The molecular formula is C18H21N3. The third kappa shape index (κ3) is 2.83. The number of nitrogens with zero attached hydrogens (tertiary/aromatic N) is 2. The zero-order valence-corrected chi connectivity index (χ0v) is 12.6. The second kappa shape index (κ2) is 5.70. The highest BCUT2D eigenvalue weighted by Crippen LogP contribution is 2.22. The third-order valence-corrected chi connectivity index (χ3v) is 3.88. The molecule has 3 nitrogen and oxygen atoms in total. The van der Waals surface area contributed by atoms with Crippen LogP contribution in [0.15, 0.2) is 48.8 Å². The Morgan fingerprint density at radius 3 is 2.81 bits per heavy atom. The predicted octanol–water partition coefficient (Wildman–Crippen LogP) is 3.28. The van der Waals surface area contributed by atoms with Crippen molar-refractivity contribution >= 4 is 10.9 Å². The average Bonchev–Trinajstić information content (AvgIpc) is 2.85. The molecule has 2 N–H and O–H groups in total. The number of benzene rings is 1. The lowest BCUT2D eigenvalue weighted by atomic mass is 10.0. The quantitative estimate of drug-likeness (QED) is 0.796. The summed E-state index contributed by atoms with van der Waals surface area (Å²) in [6.07, 6.45) is 4.91. The van der Waals surface area contributed by atoms with Gasteiger partial charge in [0.1, 0.15) is 0 Å². The molecule has 0 saturated carbocycles. The van der Waals surface area contributed by atoms with Gasteiger partial charge in [-0.05, 0) is 49.6 Å². The highest BCUT2D eigenvalue weighted by Gasteiger charge is 2.08. The fourth-order valence-corrected chi connectivity index (χ4v) is 2.80. The van der Waals surface area contributed by atoms with E-state index >= 15 is 0 Å². The molecule has 3 rings (SSSR count). The van der Waals surface area contributed by atoms with Gasteiger partial charge in [0.05, 0.1) is 12.2 Å². The summed E-state index contributed by atoms with van der Waals surface area (Å²) in [5.74, 6) is 0. The zero-order chi connectivity index (χ0) is 14.8. The molecule has 0 aliphatic carbocycles. The number of aryl methyl sites for hydroxylation is 1. The van der Waals surface area contributed by atoms with Gasteiger partial charge in [-0.15, -0.1) is 0 Å². The topological polar surface area (TPSA) is 43.8 Å². The van der Waals surface area contributed by atoms with Crippen molar-refractivity contribution in [3.8, 4) is 0 Å². The molecular weight excluding hydrogens is 258 g/mol. The van der Waals surface area contributed by atoms with Gasteiger partial charge in [0.15, 0.2) is 0 Å². The van der Waals surface area contributed by atoms with Gasteiger partial charge in [-0.2, -0.15) is 0 Å². The third-order valence-electron chi connectivity index (χ3n) is 3.88. The van der Waals surface area contributed by atoms with E-state index in [9.17, 15) is 0 Å². The lowest BCUT2D eigenvalue weighted by Crippen LogP contribution is -2.17. The van der Waals surface area contributed by atoms with Crippen molar-refractivity contribution in [2.75, 3.05) is 0 Å². The van der Waals surface area contributed by atoms with Crippen molar-refractivity contribution in [1.29, 1.82) is 0 Å². The molecule has 1 atom stereocenters. The lowest BCUT2D eigenvalue weighted by molar-refractivity contribution is 0.741. The summed E-state index contributed by atoms with van der Waals surface area (Å²) < 4.78 is 2.26. The maximum atomic E-state index is 5.95. The Kier molecular flexibility index (Phi) is 3.76. The van der Waals surface area contributed by atoms with Crippen molar-refractivity contribution in [2.24, 2.45) is 5.73 Å². The first kappa shape index (κ1) is 13.8. The monoisotopic (exact) mass is 279 g/mol. The molecule has 1 unspecified atom stereocenters. The van der Waals surface area contributed by atoms with Crippen LogP contribution in [-0.2, 0) is 13.0 Å². The molecule has 0 fully saturated rings. The second-order valence-corrected chi connectivity index (χ2v) is 5.74. The van der Waals surface area contributed by atoms with E-state index in [1.54, 1.807) is 0 Å². The Morgan fingerprint density at radius 2 is 2.05 bits per heavy atom. The molecule has 1 aromatic carbocycles. The molecule has 2 aromatic heterocycles. The minimum atomic E-state index is 0.178. The molecule has 0 radical (unpaired) electrons. The van der Waals surface area contributed by atoms with Crippen molar-refractivity contribution in [2.45, 2.75) is 32.9 Å². The molecule has 0 aliphatic rings. The smallest absolute Gasteiger partial charge is 0.0651 e. The second-order valence-electron chi connectivity index (χ2n) is 5.74. The van der Waals surface area contributed by atoms with Crippen molar-refractivity contribution in [1.82, 2.24) is 9.55 Å². The van der Waals surface area contributed by atoms with Crippen LogP contribution in [-0.4, -0.2) is 15.6 Å². The summed E-state index contributed by atoms with van der Waals surface area (Å²) in [5, 5.41) is 1.29. The predicted molar refractivity (Wildman–Crippen MR) is 87.4 cm³/mol. The van der Waals surface area contributed by atoms with Crippen LogP contribution >= 0.6 is 0 Å². The average molecular weight is 279 g/mol. The summed E-state index contributed by atoms with van der Waals surface area (Å²) in [4.78, 5) is 4.49. The molecule has 0 spiro atoms. The summed E-state index contributed by atoms with van der Waals surface area (Å²) >= 11 is 0. The first-order valence-electron chi connectivity index (χ1n) is 7.38. The van der Waals surface area contributed by atoms with E-state index in [1.165, 1.54) is 22.0 Å². The molecule has 2 heterocycles. The number of aromatic nitrogens is 2. The largest absolute Gasteiger partial charge is 0.341 e.